The molecular weight excluding hydrogens is 637 g/mol. The average Bonchev–Trinajstić information content (AvgIpc) is 3.04. The minimum Gasteiger partial charge on any atom is -0.500 e. The van der Waals surface area contributed by atoms with Crippen molar-refractivity contribution in [2.24, 2.45) is 0 Å². The topological polar surface area (TPSA) is 41.5 Å². The van der Waals surface area contributed by atoms with Crippen LogP contribution in [-0.2, 0) is 20.4 Å². The Morgan fingerprint density at radius 1 is 0.651 bits per heavy atom. The maximum atomic E-state index is 15.1. The standard InChI is InChI=1S/C35H24F2N4O.Pd/c1-40(35-17-9-11-19-39-35)27-20-28(41(25-12-4-2-5-13-25)26-14-6-3-7-15-26)22-29(21-27)42-34-23-30(31(36)24-32(34)37)33-16-8-10-18-38-33;/h2-20,22,24H,1H3;/q-2;+2. The van der Waals surface area contributed by atoms with Crippen molar-refractivity contribution in [2.75, 3.05) is 16.8 Å². The van der Waals surface area contributed by atoms with Crippen LogP contribution in [0.5, 0.6) is 11.5 Å². The van der Waals surface area contributed by atoms with Crippen LogP contribution >= 0.6 is 0 Å². The maximum absolute atomic E-state index is 15.1. The Morgan fingerprint density at radius 2 is 1.28 bits per heavy atom. The molecule has 0 saturated heterocycles. The van der Waals surface area contributed by atoms with Crippen LogP contribution in [0.1, 0.15) is 0 Å². The van der Waals surface area contributed by atoms with Gasteiger partial charge in [-0.25, -0.2) is 4.98 Å². The van der Waals surface area contributed by atoms with Crippen molar-refractivity contribution in [3.8, 4) is 22.8 Å². The Labute approximate surface area is 262 Å². The summed E-state index contributed by atoms with van der Waals surface area (Å²) in [7, 11) is 1.86. The molecule has 0 atom stereocenters. The molecule has 0 fully saturated rings. The second-order valence-corrected chi connectivity index (χ2v) is 9.33. The molecule has 2 aromatic heterocycles. The van der Waals surface area contributed by atoms with Crippen LogP contribution in [0.4, 0.5) is 37.3 Å². The number of halogens is 2. The number of anilines is 5. The van der Waals surface area contributed by atoms with Gasteiger partial charge in [0.25, 0.3) is 0 Å². The quantitative estimate of drug-likeness (QED) is 0.120. The van der Waals surface area contributed by atoms with Crippen LogP contribution in [0, 0.1) is 23.8 Å². The molecule has 4 aromatic carbocycles. The molecule has 0 N–H and O–H groups in total. The second-order valence-electron chi connectivity index (χ2n) is 9.33. The summed E-state index contributed by atoms with van der Waals surface area (Å²) in [5.74, 6) is -1.07. The first-order valence-corrected chi connectivity index (χ1v) is 13.2. The molecule has 2 heterocycles. The van der Waals surface area contributed by atoms with E-state index in [4.69, 9.17) is 4.74 Å². The molecule has 0 radical (unpaired) electrons. The van der Waals surface area contributed by atoms with E-state index in [0.717, 1.165) is 23.1 Å². The van der Waals surface area contributed by atoms with E-state index < -0.39 is 11.6 Å². The number of pyridine rings is 2. The monoisotopic (exact) mass is 660 g/mol. The number of nitrogens with zero attached hydrogens (tertiary/aromatic N) is 4. The van der Waals surface area contributed by atoms with Gasteiger partial charge in [-0.1, -0.05) is 83.7 Å². The summed E-state index contributed by atoms with van der Waals surface area (Å²) in [5, 5.41) is 0. The van der Waals surface area contributed by atoms with E-state index in [1.807, 2.05) is 96.9 Å². The van der Waals surface area contributed by atoms with Crippen LogP contribution < -0.4 is 14.5 Å². The van der Waals surface area contributed by atoms with Gasteiger partial charge >= 0.3 is 20.4 Å². The van der Waals surface area contributed by atoms with Gasteiger partial charge < -0.3 is 19.5 Å². The van der Waals surface area contributed by atoms with Crippen LogP contribution in [0.3, 0.4) is 0 Å². The number of para-hydroxylation sites is 2. The predicted octanol–water partition coefficient (Wildman–Crippen LogP) is 9.05. The molecule has 8 heteroatoms. The van der Waals surface area contributed by atoms with Crippen LogP contribution in [0.15, 0.2) is 128 Å². The summed E-state index contributed by atoms with van der Waals surface area (Å²) in [6.07, 6.45) is 3.24. The van der Waals surface area contributed by atoms with Gasteiger partial charge in [0.05, 0.1) is 11.6 Å². The number of aromatic nitrogens is 2. The average molecular weight is 661 g/mol. The van der Waals surface area contributed by atoms with Crippen molar-refractivity contribution in [3.63, 3.8) is 0 Å². The minimum absolute atomic E-state index is 0. The Bertz CT molecular complexity index is 1750. The first-order valence-electron chi connectivity index (χ1n) is 13.2. The number of rotatable bonds is 8. The van der Waals surface area contributed by atoms with E-state index in [2.05, 4.69) is 27.0 Å². The van der Waals surface area contributed by atoms with Crippen molar-refractivity contribution < 1.29 is 33.9 Å². The molecule has 0 spiro atoms. The number of hydrogen-bond acceptors (Lipinski definition) is 5. The third-order valence-corrected chi connectivity index (χ3v) is 6.54. The van der Waals surface area contributed by atoms with Crippen LogP contribution in [0.25, 0.3) is 11.3 Å². The molecule has 0 bridgehead atoms. The SMILES string of the molecule is CN(c1[c-]c(Oc2[c-]c(-c3ccccn3)c(F)cc2F)cc(N(c2ccccc2)c2ccccc2)c1)c1ccccn1.[Pd+2]. The molecule has 6 aromatic rings. The summed E-state index contributed by atoms with van der Waals surface area (Å²) in [5.41, 5.74) is 3.47. The van der Waals surface area contributed by atoms with Crippen LogP contribution in [-0.4, -0.2) is 17.0 Å². The van der Waals surface area contributed by atoms with E-state index in [0.29, 0.717) is 17.2 Å². The predicted molar refractivity (Wildman–Crippen MR) is 161 cm³/mol. The largest absolute Gasteiger partial charge is 2.00 e. The fourth-order valence-corrected chi connectivity index (χ4v) is 4.52. The summed E-state index contributed by atoms with van der Waals surface area (Å²) in [6, 6.07) is 40.9. The number of ether oxygens (including phenoxy) is 1. The fraction of sp³-hybridized carbons (Fsp3) is 0.0286. The zero-order chi connectivity index (χ0) is 28.9. The second kappa shape index (κ2) is 13.4. The Balaban J connectivity index is 0.00000368. The van der Waals surface area contributed by atoms with E-state index in [1.54, 1.807) is 30.5 Å². The van der Waals surface area contributed by atoms with E-state index >= 15 is 4.39 Å². The zero-order valence-corrected chi connectivity index (χ0v) is 24.4. The summed E-state index contributed by atoms with van der Waals surface area (Å²) in [6.45, 7) is 0. The molecule has 0 saturated carbocycles. The molecule has 0 aliphatic rings. The molecule has 0 aliphatic carbocycles. The van der Waals surface area contributed by atoms with Crippen LogP contribution in [0.2, 0.25) is 0 Å². The third-order valence-electron chi connectivity index (χ3n) is 6.54. The Kier molecular flexibility index (Phi) is 9.21. The van der Waals surface area contributed by atoms with Crippen molar-refractivity contribution >= 4 is 28.6 Å². The van der Waals surface area contributed by atoms with Gasteiger partial charge in [-0.3, -0.25) is 8.78 Å². The number of hydrogen-bond donors (Lipinski definition) is 0. The molecule has 0 unspecified atom stereocenters. The molecule has 0 aliphatic heterocycles. The molecule has 0 amide bonds. The van der Waals surface area contributed by atoms with Gasteiger partial charge in [0.15, 0.2) is 0 Å². The van der Waals surface area contributed by atoms with E-state index in [9.17, 15) is 4.39 Å². The van der Waals surface area contributed by atoms with Crippen molar-refractivity contribution in [3.05, 3.63) is 151 Å². The molecule has 5 nitrogen and oxygen atoms in total. The van der Waals surface area contributed by atoms with Gasteiger partial charge in [-0.05, 0) is 48.2 Å². The first-order chi connectivity index (χ1) is 20.6. The molecular formula is C35H24F2N4OPd. The summed E-state index contributed by atoms with van der Waals surface area (Å²) < 4.78 is 35.9. The summed E-state index contributed by atoms with van der Waals surface area (Å²) in [4.78, 5) is 12.6. The van der Waals surface area contributed by atoms with Gasteiger partial charge in [0.2, 0.25) is 0 Å². The third kappa shape index (κ3) is 6.62. The molecule has 6 rings (SSSR count). The minimum atomic E-state index is -0.895. The van der Waals surface area contributed by atoms with Crippen molar-refractivity contribution in [1.29, 1.82) is 0 Å². The first kappa shape index (κ1) is 29.6. The van der Waals surface area contributed by atoms with Gasteiger partial charge in [-0.15, -0.1) is 18.2 Å². The summed E-state index contributed by atoms with van der Waals surface area (Å²) >= 11 is 0. The van der Waals surface area contributed by atoms with E-state index in [-0.39, 0.29) is 37.5 Å². The van der Waals surface area contributed by atoms with Gasteiger partial charge in [0.1, 0.15) is 5.82 Å². The smallest absolute Gasteiger partial charge is 0.500 e. The Hall–Kier alpha value is -4.90. The van der Waals surface area contributed by atoms with Crippen molar-refractivity contribution in [1.82, 2.24) is 9.97 Å². The normalized spacial score (nSPS) is 10.5. The fourth-order valence-electron chi connectivity index (χ4n) is 4.52. The Morgan fingerprint density at radius 3 is 1.88 bits per heavy atom. The zero-order valence-electron chi connectivity index (χ0n) is 22.9. The van der Waals surface area contributed by atoms with Gasteiger partial charge in [-0.2, -0.15) is 0 Å². The number of benzene rings is 4. The van der Waals surface area contributed by atoms with E-state index in [1.165, 1.54) is 6.20 Å². The molecule has 43 heavy (non-hydrogen) atoms. The van der Waals surface area contributed by atoms with Gasteiger partial charge in [0, 0.05) is 42.4 Å². The molecule has 214 valence electrons. The maximum Gasteiger partial charge on any atom is 2.00 e. The van der Waals surface area contributed by atoms with Crippen molar-refractivity contribution in [2.45, 2.75) is 0 Å².